The van der Waals surface area contributed by atoms with Gasteiger partial charge in [0.15, 0.2) is 0 Å². The van der Waals surface area contributed by atoms with E-state index in [-0.39, 0.29) is 23.2 Å². The average Bonchev–Trinajstić information content (AvgIpc) is 3.50. The first-order valence-corrected chi connectivity index (χ1v) is 12.5. The van der Waals surface area contributed by atoms with Gasteiger partial charge in [-0.1, -0.05) is 25.0 Å². The quantitative estimate of drug-likeness (QED) is 0.587. The van der Waals surface area contributed by atoms with Gasteiger partial charge in [-0.05, 0) is 68.3 Å². The highest BCUT2D eigenvalue weighted by molar-refractivity contribution is 5.91. The lowest BCUT2D eigenvalue weighted by Gasteiger charge is -2.44. The zero-order valence-electron chi connectivity index (χ0n) is 20.4. The fraction of sp³-hybridized carbons (Fsp3) is 0.600. The van der Waals surface area contributed by atoms with Gasteiger partial charge in [0, 0.05) is 25.6 Å². The number of carbonyl (C=O) groups excluding carboxylic acids is 1. The van der Waals surface area contributed by atoms with Gasteiger partial charge in [0.05, 0.1) is 0 Å². The summed E-state index contributed by atoms with van der Waals surface area (Å²) >= 11 is 0. The minimum Gasteiger partial charge on any atom is -0.475 e. The van der Waals surface area contributed by atoms with Crippen LogP contribution in [0.1, 0.15) is 67.0 Å². The number of halogens is 4. The van der Waals surface area contributed by atoms with Crippen molar-refractivity contribution in [3.63, 3.8) is 0 Å². The number of fused-ring (bicyclic) bond motifs is 1. The van der Waals surface area contributed by atoms with E-state index in [1.165, 1.54) is 18.9 Å². The number of likely N-dealkylation sites (tertiary alicyclic amines) is 1. The van der Waals surface area contributed by atoms with Crippen LogP contribution in [-0.4, -0.2) is 62.0 Å². The molecule has 1 saturated carbocycles. The number of carbonyl (C=O) groups is 2. The predicted octanol–water partition coefficient (Wildman–Crippen LogP) is 3.95. The average molecular weight is 526 g/mol. The van der Waals surface area contributed by atoms with Gasteiger partial charge >= 0.3 is 12.1 Å². The topological polar surface area (TPSA) is 100 Å². The molecule has 2 N–H and O–H groups in total. The molecule has 5 rings (SSSR count). The molecule has 202 valence electrons. The molecule has 0 radical (unpaired) electrons. The van der Waals surface area contributed by atoms with Crippen LogP contribution < -0.4 is 5.32 Å². The van der Waals surface area contributed by atoms with Crippen LogP contribution in [0.3, 0.4) is 0 Å². The van der Waals surface area contributed by atoms with Crippen molar-refractivity contribution in [2.24, 2.45) is 5.41 Å². The third-order valence-electron chi connectivity index (χ3n) is 7.55. The van der Waals surface area contributed by atoms with E-state index < -0.39 is 12.1 Å². The lowest BCUT2D eigenvalue weighted by atomic mass is 9.73. The van der Waals surface area contributed by atoms with E-state index in [1.807, 2.05) is 6.07 Å². The van der Waals surface area contributed by atoms with Gasteiger partial charge in [-0.25, -0.2) is 9.18 Å². The zero-order valence-corrected chi connectivity index (χ0v) is 20.4. The van der Waals surface area contributed by atoms with Crippen molar-refractivity contribution in [2.45, 2.75) is 76.7 Å². The summed E-state index contributed by atoms with van der Waals surface area (Å²) in [5, 5.41) is 18.9. The molecule has 1 aliphatic carbocycles. The Bertz CT molecular complexity index is 1110. The van der Waals surface area contributed by atoms with Crippen molar-refractivity contribution in [3.05, 3.63) is 47.3 Å². The Morgan fingerprint density at radius 3 is 2.41 bits per heavy atom. The molecule has 2 fully saturated rings. The highest BCUT2D eigenvalue weighted by Crippen LogP contribution is 2.41. The van der Waals surface area contributed by atoms with Gasteiger partial charge < -0.3 is 15.0 Å². The molecule has 0 unspecified atom stereocenters. The number of aryl methyl sites for hydroxylation is 1. The van der Waals surface area contributed by atoms with Crippen LogP contribution in [0.2, 0.25) is 0 Å². The third-order valence-corrected chi connectivity index (χ3v) is 7.55. The summed E-state index contributed by atoms with van der Waals surface area (Å²) in [5.74, 6) is -1.57. The van der Waals surface area contributed by atoms with E-state index in [9.17, 15) is 22.4 Å². The number of amides is 1. The SMILES string of the molecule is O=C(NC1CCCC1)c1nnc2n1CC1(CC2)CCN(Cc2cccc(F)c2)CC1.O=C(O)C(F)(F)F. The van der Waals surface area contributed by atoms with Crippen molar-refractivity contribution in [1.29, 1.82) is 0 Å². The fourth-order valence-electron chi connectivity index (χ4n) is 5.45. The summed E-state index contributed by atoms with van der Waals surface area (Å²) in [7, 11) is 0. The summed E-state index contributed by atoms with van der Waals surface area (Å²) in [6.45, 7) is 3.62. The van der Waals surface area contributed by atoms with Gasteiger partial charge in [0.25, 0.3) is 5.91 Å². The summed E-state index contributed by atoms with van der Waals surface area (Å²) < 4.78 is 47.3. The van der Waals surface area contributed by atoms with E-state index in [2.05, 4.69) is 25.0 Å². The number of benzene rings is 1. The number of nitrogens with zero attached hydrogens (tertiary/aromatic N) is 4. The van der Waals surface area contributed by atoms with Crippen molar-refractivity contribution in [2.75, 3.05) is 13.1 Å². The fourth-order valence-corrected chi connectivity index (χ4v) is 5.45. The molecule has 1 amide bonds. The number of rotatable bonds is 4. The molecule has 1 saturated heterocycles. The molecule has 8 nitrogen and oxygen atoms in total. The maximum atomic E-state index is 13.5. The number of alkyl halides is 3. The van der Waals surface area contributed by atoms with Crippen LogP contribution in [0, 0.1) is 11.2 Å². The number of carboxylic acid groups (broad SMARTS) is 1. The Hall–Kier alpha value is -3.02. The molecule has 3 heterocycles. The molecule has 0 atom stereocenters. The summed E-state index contributed by atoms with van der Waals surface area (Å²) in [4.78, 5) is 24.1. The van der Waals surface area contributed by atoms with Crippen molar-refractivity contribution >= 4 is 11.9 Å². The number of nitrogens with one attached hydrogen (secondary N) is 1. The monoisotopic (exact) mass is 525 g/mol. The zero-order chi connectivity index (χ0) is 26.6. The maximum absolute atomic E-state index is 13.5. The first-order chi connectivity index (χ1) is 17.5. The molecule has 3 aliphatic rings. The maximum Gasteiger partial charge on any atom is 0.490 e. The van der Waals surface area contributed by atoms with E-state index in [4.69, 9.17) is 9.90 Å². The number of aromatic nitrogens is 3. The van der Waals surface area contributed by atoms with Gasteiger partial charge in [0.2, 0.25) is 5.82 Å². The Kier molecular flexibility index (Phi) is 8.15. The van der Waals surface area contributed by atoms with Crippen molar-refractivity contribution in [3.8, 4) is 0 Å². The molecule has 0 bridgehead atoms. The Labute approximate surface area is 212 Å². The number of aliphatic carboxylic acids is 1. The predicted molar refractivity (Wildman–Crippen MR) is 125 cm³/mol. The van der Waals surface area contributed by atoms with Gasteiger partial charge in [0.1, 0.15) is 11.6 Å². The van der Waals surface area contributed by atoms with Crippen molar-refractivity contribution < 1.29 is 32.3 Å². The molecule has 2 aromatic rings. The van der Waals surface area contributed by atoms with E-state index in [0.717, 1.165) is 76.1 Å². The molecule has 37 heavy (non-hydrogen) atoms. The molecular weight excluding hydrogens is 494 g/mol. The van der Waals surface area contributed by atoms with E-state index >= 15 is 0 Å². The molecule has 1 spiro atoms. The largest absolute Gasteiger partial charge is 0.490 e. The van der Waals surface area contributed by atoms with Crippen molar-refractivity contribution in [1.82, 2.24) is 25.0 Å². The second kappa shape index (κ2) is 11.2. The van der Waals surface area contributed by atoms with Gasteiger partial charge in [-0.3, -0.25) is 9.69 Å². The Balaban J connectivity index is 0.000000405. The molecule has 12 heteroatoms. The molecule has 1 aromatic heterocycles. The van der Waals surface area contributed by atoms with Crippen LogP contribution in [0.5, 0.6) is 0 Å². The van der Waals surface area contributed by atoms with E-state index in [1.54, 1.807) is 12.1 Å². The molecule has 1 aromatic carbocycles. The van der Waals surface area contributed by atoms with Crippen LogP contribution in [0.25, 0.3) is 0 Å². The lowest BCUT2D eigenvalue weighted by molar-refractivity contribution is -0.192. The normalized spacial score (nSPS) is 19.7. The highest BCUT2D eigenvalue weighted by Gasteiger charge is 2.40. The lowest BCUT2D eigenvalue weighted by Crippen LogP contribution is -2.45. The summed E-state index contributed by atoms with van der Waals surface area (Å²) in [5.41, 5.74) is 1.23. The standard InChI is InChI=1S/C23H30FN5O.C2HF3O2/c24-18-5-3-4-17(14-18)15-28-12-10-23(11-13-28)9-8-20-26-27-21(29(20)16-23)22(30)25-19-6-1-2-7-19;3-2(4,5)1(6)7/h3-5,14,19H,1-2,6-13,15-16H2,(H,25,30);(H,6,7). The van der Waals surface area contributed by atoms with E-state index in [0.29, 0.717) is 5.82 Å². The van der Waals surface area contributed by atoms with Crippen LogP contribution in [-0.2, 0) is 24.3 Å². The Morgan fingerprint density at radius 1 is 1.11 bits per heavy atom. The summed E-state index contributed by atoms with van der Waals surface area (Å²) in [6, 6.07) is 7.18. The molecular formula is C25H31F4N5O3. The third kappa shape index (κ3) is 6.85. The smallest absolute Gasteiger partial charge is 0.475 e. The highest BCUT2D eigenvalue weighted by atomic mass is 19.4. The minimum atomic E-state index is -5.08. The van der Waals surface area contributed by atoms with Crippen LogP contribution in [0.4, 0.5) is 17.6 Å². The number of carboxylic acids is 1. The van der Waals surface area contributed by atoms with Crippen LogP contribution >= 0.6 is 0 Å². The second-order valence-electron chi connectivity index (χ2n) is 10.2. The first-order valence-electron chi connectivity index (χ1n) is 12.5. The minimum absolute atomic E-state index is 0.0683. The Morgan fingerprint density at radius 2 is 1.78 bits per heavy atom. The second-order valence-corrected chi connectivity index (χ2v) is 10.2. The first kappa shape index (κ1) is 27.0. The number of hydrogen-bond acceptors (Lipinski definition) is 5. The number of piperidine rings is 1. The molecule has 2 aliphatic heterocycles. The van der Waals surface area contributed by atoms with Gasteiger partial charge in [-0.2, -0.15) is 13.2 Å². The number of hydrogen-bond donors (Lipinski definition) is 2. The summed E-state index contributed by atoms with van der Waals surface area (Å²) in [6.07, 6.45) is 3.59. The van der Waals surface area contributed by atoms with Gasteiger partial charge in [-0.15, -0.1) is 10.2 Å². The van der Waals surface area contributed by atoms with Crippen LogP contribution in [0.15, 0.2) is 24.3 Å².